The molecular formula is C112H131F3N5+5. The molecule has 0 saturated carbocycles. The monoisotopic (exact) mass is 1600 g/mol. The van der Waals surface area contributed by atoms with Gasteiger partial charge in [-0.2, -0.15) is 36.0 Å². The molecule has 120 heavy (non-hydrogen) atoms. The Labute approximate surface area is 716 Å². The molecule has 8 heteroatoms. The minimum Gasteiger partial charge on any atom is -0.194 e. The SMILES string of the molecule is Cc1cc(C)c(C)c(-c2cc(CC(C)C)c3ccccc3[n+]2C)c1.Cc1cc(C)c(C)c(-c2ccc3c(CC(C)(C)C(F)(F)F)cccc3[n+]2C)c1.Cc1cc(C)c(C)c(-c2ccc3c(CC(C)C)cccc3[n+]2C)c1.Cc1cc(C)c(C)c(-c2ccc3ccc(CC(C)C)cc3[n+]2C)c1.Cc1cc(C)c(C)c(-c2ccc3ccccc3[n+]2C)c1. The molecule has 620 valence electrons. The third-order valence-electron chi connectivity index (χ3n) is 24.9. The van der Waals surface area contributed by atoms with Gasteiger partial charge in [0.25, 0.3) is 0 Å². The normalized spacial score (nSPS) is 11.7. The number of benzene rings is 10. The third kappa shape index (κ3) is 19.9. The third-order valence-corrected chi connectivity index (χ3v) is 24.9. The molecule has 5 nitrogen and oxygen atoms in total. The van der Waals surface area contributed by atoms with Gasteiger partial charge in [-0.1, -0.05) is 168 Å². The van der Waals surface area contributed by atoms with Crippen LogP contribution < -0.4 is 22.8 Å². The fourth-order valence-electron chi connectivity index (χ4n) is 17.7. The zero-order chi connectivity index (χ0) is 87.4. The molecule has 5 heterocycles. The van der Waals surface area contributed by atoms with Gasteiger partial charge in [0.2, 0.25) is 56.1 Å². The molecule has 10 aromatic carbocycles. The van der Waals surface area contributed by atoms with Crippen LogP contribution in [0.4, 0.5) is 13.2 Å². The summed E-state index contributed by atoms with van der Waals surface area (Å²) in [7, 11) is 10.7. The van der Waals surface area contributed by atoms with Crippen molar-refractivity contribution in [3.8, 4) is 56.3 Å². The molecule has 0 saturated heterocycles. The van der Waals surface area contributed by atoms with Crippen molar-refractivity contribution >= 4 is 54.5 Å². The summed E-state index contributed by atoms with van der Waals surface area (Å²) in [5.41, 5.74) is 42.0. The lowest BCUT2D eigenvalue weighted by Gasteiger charge is -2.28. The van der Waals surface area contributed by atoms with Crippen LogP contribution in [0.25, 0.3) is 111 Å². The highest BCUT2D eigenvalue weighted by Crippen LogP contribution is 2.42. The van der Waals surface area contributed by atoms with Crippen molar-refractivity contribution < 1.29 is 36.0 Å². The number of aryl methyl sites for hydroxylation is 15. The van der Waals surface area contributed by atoms with E-state index >= 15 is 0 Å². The van der Waals surface area contributed by atoms with Gasteiger partial charge in [-0.25, -0.2) is 0 Å². The average Bonchev–Trinajstić information content (AvgIpc) is 0.777. The Morgan fingerprint density at radius 1 is 0.267 bits per heavy atom. The first-order valence-electron chi connectivity index (χ1n) is 43.1. The molecule has 15 aromatic rings. The van der Waals surface area contributed by atoms with E-state index in [0.29, 0.717) is 17.8 Å². The van der Waals surface area contributed by atoms with Crippen LogP contribution in [-0.2, 0) is 60.9 Å². The topological polar surface area (TPSA) is 19.4 Å². The molecule has 15 rings (SSSR count). The maximum atomic E-state index is 13.4. The molecule has 0 N–H and O–H groups in total. The summed E-state index contributed by atoms with van der Waals surface area (Å²) in [5.74, 6) is 1.99. The predicted molar refractivity (Wildman–Crippen MR) is 503 cm³/mol. The first-order chi connectivity index (χ1) is 56.6. The van der Waals surface area contributed by atoms with Crippen LogP contribution in [-0.4, -0.2) is 6.18 Å². The van der Waals surface area contributed by atoms with Crippen molar-refractivity contribution in [2.75, 3.05) is 0 Å². The van der Waals surface area contributed by atoms with Gasteiger partial charge in [0.15, 0.2) is 0 Å². The predicted octanol–water partition coefficient (Wildman–Crippen LogP) is 27.0. The molecular weight excluding hydrogens is 1470 g/mol. The Balaban J connectivity index is 0.000000147. The Hall–Kier alpha value is -11.0. The van der Waals surface area contributed by atoms with E-state index in [2.05, 4.69) is 384 Å². The number of para-hydroxylation sites is 2. The quantitative estimate of drug-likeness (QED) is 0.103. The number of halogens is 3. The summed E-state index contributed by atoms with van der Waals surface area (Å²) >= 11 is 0. The molecule has 0 atom stereocenters. The molecule has 0 unspecified atom stereocenters. The fourth-order valence-corrected chi connectivity index (χ4v) is 17.7. The molecule has 0 aliphatic carbocycles. The van der Waals surface area contributed by atoms with E-state index in [4.69, 9.17) is 0 Å². The number of alkyl halides is 3. The highest BCUT2D eigenvalue weighted by Gasteiger charge is 2.47. The molecule has 5 aromatic heterocycles. The second-order valence-corrected chi connectivity index (χ2v) is 36.5. The van der Waals surface area contributed by atoms with Crippen molar-refractivity contribution in [2.45, 2.75) is 191 Å². The van der Waals surface area contributed by atoms with Crippen molar-refractivity contribution in [3.05, 3.63) is 324 Å². The van der Waals surface area contributed by atoms with Crippen molar-refractivity contribution in [1.82, 2.24) is 0 Å². The first-order valence-corrected chi connectivity index (χ1v) is 43.1. The number of aromatic nitrogens is 5. The largest absolute Gasteiger partial charge is 0.394 e. The highest BCUT2D eigenvalue weighted by molar-refractivity contribution is 5.86. The average molecular weight is 1600 g/mol. The Bertz CT molecular complexity index is 6250. The smallest absolute Gasteiger partial charge is 0.194 e. The van der Waals surface area contributed by atoms with E-state index in [1.165, 1.54) is 203 Å². The first kappa shape index (κ1) is 89.8. The second kappa shape index (κ2) is 37.4. The number of rotatable bonds is 13. The number of hydrogen-bond acceptors (Lipinski definition) is 0. The van der Waals surface area contributed by atoms with Gasteiger partial charge in [-0.15, -0.1) is 0 Å². The zero-order valence-corrected chi connectivity index (χ0v) is 77.2. The van der Waals surface area contributed by atoms with Crippen LogP contribution in [0.5, 0.6) is 0 Å². The highest BCUT2D eigenvalue weighted by atomic mass is 19.4. The van der Waals surface area contributed by atoms with Gasteiger partial charge in [0.1, 0.15) is 35.2 Å². The van der Waals surface area contributed by atoms with Crippen LogP contribution in [0.3, 0.4) is 0 Å². The Kier molecular flexibility index (Phi) is 28.0. The summed E-state index contributed by atoms with van der Waals surface area (Å²) in [4.78, 5) is 0. The van der Waals surface area contributed by atoms with Gasteiger partial charge >= 0.3 is 6.18 Å². The van der Waals surface area contributed by atoms with Gasteiger partial charge in [-0.3, -0.25) is 0 Å². The lowest BCUT2D eigenvalue weighted by molar-refractivity contribution is -0.633. The van der Waals surface area contributed by atoms with E-state index < -0.39 is 11.6 Å². The summed E-state index contributed by atoms with van der Waals surface area (Å²) in [6, 6.07) is 79.0. The van der Waals surface area contributed by atoms with E-state index in [9.17, 15) is 13.2 Å². The van der Waals surface area contributed by atoms with Crippen LogP contribution in [0.2, 0.25) is 0 Å². The van der Waals surface area contributed by atoms with Crippen LogP contribution in [0.15, 0.2) is 218 Å². The van der Waals surface area contributed by atoms with Crippen LogP contribution in [0, 0.1) is 127 Å². The van der Waals surface area contributed by atoms with E-state index in [0.717, 1.165) is 47.0 Å². The second-order valence-electron chi connectivity index (χ2n) is 36.5. The number of hydrogen-bond donors (Lipinski definition) is 0. The van der Waals surface area contributed by atoms with E-state index in [-0.39, 0.29) is 6.42 Å². The molecule has 0 aliphatic rings. The van der Waals surface area contributed by atoms with Gasteiger partial charge in [0, 0.05) is 115 Å². The Morgan fingerprint density at radius 2 is 0.567 bits per heavy atom. The van der Waals surface area contributed by atoms with Gasteiger partial charge in [-0.05, 0) is 298 Å². The molecule has 0 fully saturated rings. The lowest BCUT2D eigenvalue weighted by atomic mass is 9.84. The maximum Gasteiger partial charge on any atom is 0.394 e. The van der Waals surface area contributed by atoms with Crippen LogP contribution in [0.1, 0.15) is 161 Å². The summed E-state index contributed by atoms with van der Waals surface area (Å²) in [5, 5.41) is 6.20. The van der Waals surface area contributed by atoms with Crippen LogP contribution >= 0.6 is 0 Å². The molecule has 0 aliphatic heterocycles. The van der Waals surface area contributed by atoms with Gasteiger partial charge in [0.05, 0.1) is 5.41 Å². The fraction of sp³-hybridized carbons (Fsp3) is 0.330. The van der Waals surface area contributed by atoms with Crippen molar-refractivity contribution in [1.29, 1.82) is 0 Å². The summed E-state index contributed by atoms with van der Waals surface area (Å²) in [6.45, 7) is 48.9. The minimum atomic E-state index is -4.24. The summed E-state index contributed by atoms with van der Waals surface area (Å²) in [6.07, 6.45) is -0.927. The number of nitrogens with zero attached hydrogens (tertiary/aromatic N) is 5. The van der Waals surface area contributed by atoms with E-state index in [1.807, 2.05) is 31.3 Å². The zero-order valence-electron chi connectivity index (χ0n) is 77.2. The number of pyridine rings is 5. The minimum absolute atomic E-state index is 0.0459. The standard InChI is InChI=1S/C24H27F3N.3C23H28N.C19H20N/c1-15-12-16(2)17(3)20(13-15)22-11-10-19-18(8-7-9-21(19)28(22)6)14-23(4,5)24(25,26)27;1-15(2)11-19-7-8-20-9-10-22(24(6)23(20)14-19)21-13-16(3)12-17(4)18(21)5;1-15(2)12-19-8-7-9-22-20(19)10-11-23(24(22)6)21-14-16(3)13-17(4)18(21)5;1-15(2)11-19-14-23(21-13-16(3)12-17(4)18(21)5)24(6)22-10-8-7-9-20(19)22;1-13-11-14(2)15(3)17(12-13)19-10-9-16-7-5-6-8-18(16)20(19)4/h7-13H,14H2,1-6H3;7-10,12-15H,11H2,1-6H3;7-11,13-15H,12H2,1-6H3;7-10,12-15H,11H2,1-6H3;5-12H,1-4H3/q5*+1. The molecule has 0 radical (unpaired) electrons. The molecule has 0 amide bonds. The van der Waals surface area contributed by atoms with Gasteiger partial charge < -0.3 is 0 Å². The molecule has 0 bridgehead atoms. The maximum absolute atomic E-state index is 13.4. The van der Waals surface area contributed by atoms with E-state index in [1.54, 1.807) is 6.07 Å². The van der Waals surface area contributed by atoms with Crippen molar-refractivity contribution in [3.63, 3.8) is 0 Å². The lowest BCUT2D eigenvalue weighted by Crippen LogP contribution is -2.35. The summed E-state index contributed by atoms with van der Waals surface area (Å²) < 4.78 is 51.6. The Morgan fingerprint density at radius 3 is 0.975 bits per heavy atom. The van der Waals surface area contributed by atoms with Crippen molar-refractivity contribution in [2.24, 2.45) is 58.4 Å². The number of fused-ring (bicyclic) bond motifs is 5. The molecule has 0 spiro atoms.